The summed E-state index contributed by atoms with van der Waals surface area (Å²) in [7, 11) is 0. The van der Waals surface area contributed by atoms with E-state index in [2.05, 4.69) is 105 Å². The molecule has 0 atom stereocenters. The first kappa shape index (κ1) is 29.2. The van der Waals surface area contributed by atoms with E-state index in [9.17, 15) is 0 Å². The second-order valence-corrected chi connectivity index (χ2v) is 14.0. The molecule has 9 rings (SSSR count). The van der Waals surface area contributed by atoms with Crippen molar-refractivity contribution in [3.8, 4) is 51.1 Å². The first-order chi connectivity index (χ1) is 23.8. The van der Waals surface area contributed by atoms with E-state index in [4.69, 9.17) is 19.9 Å². The average Bonchev–Trinajstić information content (AvgIpc) is 3.49. The smallest absolute Gasteiger partial charge is 0.165 e. The Morgan fingerprint density at radius 3 is 1.69 bits per heavy atom. The number of aromatic nitrogens is 5. The number of pyridine rings is 1. The maximum atomic E-state index is 5.14. The van der Waals surface area contributed by atoms with Gasteiger partial charge >= 0.3 is 0 Å². The largest absolute Gasteiger partial charge is 0.293 e. The molecule has 0 aliphatic heterocycles. The molecule has 236 valence electrons. The van der Waals surface area contributed by atoms with Gasteiger partial charge in [0.15, 0.2) is 17.5 Å². The van der Waals surface area contributed by atoms with Crippen LogP contribution in [0.2, 0.25) is 0 Å². The fourth-order valence-electron chi connectivity index (χ4n) is 7.60. The van der Waals surface area contributed by atoms with Gasteiger partial charge in [-0.05, 0) is 45.7 Å². The number of nitrogens with zero attached hydrogens (tertiary/aromatic N) is 5. The Bertz CT molecular complexity index is 2470. The molecule has 0 saturated heterocycles. The summed E-state index contributed by atoms with van der Waals surface area (Å²) in [5.74, 6) is 2.70. The van der Waals surface area contributed by atoms with Gasteiger partial charge in [-0.15, -0.1) is 0 Å². The summed E-state index contributed by atoms with van der Waals surface area (Å²) in [5, 5.41) is 2.44. The molecular weight excluding hydrogens is 599 g/mol. The molecule has 3 aromatic heterocycles. The van der Waals surface area contributed by atoms with E-state index < -0.39 is 0 Å². The molecule has 5 heteroatoms. The zero-order chi connectivity index (χ0) is 33.3. The molecule has 0 saturated carbocycles. The van der Waals surface area contributed by atoms with Crippen molar-refractivity contribution in [3.63, 3.8) is 0 Å². The number of fused-ring (bicyclic) bond motifs is 7. The first-order valence-corrected chi connectivity index (χ1v) is 16.8. The third-order valence-electron chi connectivity index (χ3n) is 10.9. The fourth-order valence-corrected chi connectivity index (χ4v) is 7.60. The number of hydrogen-bond donors (Lipinski definition) is 0. The maximum Gasteiger partial charge on any atom is 0.165 e. The van der Waals surface area contributed by atoms with Crippen molar-refractivity contribution in [1.82, 2.24) is 24.5 Å². The molecule has 0 radical (unpaired) electrons. The van der Waals surface area contributed by atoms with Gasteiger partial charge in [0.2, 0.25) is 0 Å². The second-order valence-electron chi connectivity index (χ2n) is 14.0. The normalized spacial score (nSPS) is 14.4. The van der Waals surface area contributed by atoms with Crippen LogP contribution in [0.4, 0.5) is 0 Å². The van der Waals surface area contributed by atoms with Gasteiger partial charge in [0, 0.05) is 39.2 Å². The zero-order valence-corrected chi connectivity index (χ0v) is 28.0. The topological polar surface area (TPSA) is 56.5 Å². The number of rotatable bonds is 4. The van der Waals surface area contributed by atoms with Gasteiger partial charge in [-0.3, -0.25) is 4.57 Å². The summed E-state index contributed by atoms with van der Waals surface area (Å²) in [5.41, 5.74) is 10.2. The molecule has 0 fully saturated rings. The Kier molecular flexibility index (Phi) is 6.44. The van der Waals surface area contributed by atoms with Crippen LogP contribution in [-0.2, 0) is 10.8 Å². The van der Waals surface area contributed by atoms with Crippen LogP contribution in [-0.4, -0.2) is 24.5 Å². The van der Waals surface area contributed by atoms with Gasteiger partial charge in [-0.1, -0.05) is 143 Å². The van der Waals surface area contributed by atoms with Crippen LogP contribution >= 0.6 is 0 Å². The quantitative estimate of drug-likeness (QED) is 0.193. The van der Waals surface area contributed by atoms with Crippen LogP contribution in [0.1, 0.15) is 38.8 Å². The lowest BCUT2D eigenvalue weighted by atomic mass is 9.55. The van der Waals surface area contributed by atoms with E-state index in [1.807, 2.05) is 66.9 Å². The van der Waals surface area contributed by atoms with E-state index in [0.29, 0.717) is 17.5 Å². The first-order valence-electron chi connectivity index (χ1n) is 16.8. The molecule has 0 amide bonds. The van der Waals surface area contributed by atoms with Crippen molar-refractivity contribution in [2.45, 2.75) is 38.5 Å². The lowest BCUT2D eigenvalue weighted by Gasteiger charge is -2.48. The summed E-state index contributed by atoms with van der Waals surface area (Å²) in [4.78, 5) is 19.9. The predicted octanol–water partition coefficient (Wildman–Crippen LogP) is 10.6. The highest BCUT2D eigenvalue weighted by Gasteiger charge is 2.46. The SMILES string of the molecule is CC1(C)c2ccccc2-c2c(ccc3c4ccccc4n(-c4ccc(-c5nc(-c6ccccc6)nc(-c6ccccc6)n5)cn4)c23)C1(C)C. The maximum absolute atomic E-state index is 5.14. The molecule has 1 aliphatic carbocycles. The molecule has 1 aliphatic rings. The third-order valence-corrected chi connectivity index (χ3v) is 10.9. The van der Waals surface area contributed by atoms with Crippen LogP contribution in [0.3, 0.4) is 0 Å². The van der Waals surface area contributed by atoms with Crippen molar-refractivity contribution < 1.29 is 0 Å². The molecule has 0 bridgehead atoms. The molecular formula is C44H35N5. The second kappa shape index (κ2) is 10.8. The summed E-state index contributed by atoms with van der Waals surface area (Å²) in [6.45, 7) is 9.52. The summed E-state index contributed by atoms with van der Waals surface area (Å²) >= 11 is 0. The van der Waals surface area contributed by atoms with Gasteiger partial charge in [-0.2, -0.15) is 0 Å². The van der Waals surface area contributed by atoms with Gasteiger partial charge in [-0.25, -0.2) is 19.9 Å². The Labute approximate surface area is 286 Å². The zero-order valence-electron chi connectivity index (χ0n) is 28.0. The van der Waals surface area contributed by atoms with Gasteiger partial charge in [0.25, 0.3) is 0 Å². The fraction of sp³-hybridized carbons (Fsp3) is 0.136. The molecule has 5 nitrogen and oxygen atoms in total. The van der Waals surface area contributed by atoms with Crippen LogP contribution in [0, 0.1) is 0 Å². The van der Waals surface area contributed by atoms with Gasteiger partial charge in [0.05, 0.1) is 11.0 Å². The molecule has 0 unspecified atom stereocenters. The molecule has 0 spiro atoms. The number of hydrogen-bond acceptors (Lipinski definition) is 4. The Morgan fingerprint density at radius 1 is 0.469 bits per heavy atom. The van der Waals surface area contributed by atoms with Crippen molar-refractivity contribution in [3.05, 3.63) is 151 Å². The minimum Gasteiger partial charge on any atom is -0.293 e. The van der Waals surface area contributed by atoms with E-state index in [-0.39, 0.29) is 10.8 Å². The summed E-state index contributed by atoms with van der Waals surface area (Å²) < 4.78 is 2.34. The van der Waals surface area contributed by atoms with Crippen LogP contribution in [0.25, 0.3) is 72.9 Å². The number of para-hydroxylation sites is 1. The standard InChI is InChI=1S/C44H35N5/c1-43(2)34-21-13-11-20-33(34)38-35(44(43,3)4)25-24-32-31-19-12-14-22-36(31)49(39(32)38)37-26-23-30(27-45-37)42-47-40(28-15-7-5-8-16-28)46-41(48-42)29-17-9-6-10-18-29/h5-27H,1-4H3. The highest BCUT2D eigenvalue weighted by Crippen LogP contribution is 2.56. The third kappa shape index (κ3) is 4.39. The minimum absolute atomic E-state index is 0.0528. The predicted molar refractivity (Wildman–Crippen MR) is 200 cm³/mol. The van der Waals surface area contributed by atoms with Crippen LogP contribution in [0.15, 0.2) is 140 Å². The summed E-state index contributed by atoms with van der Waals surface area (Å²) in [6, 6.07) is 46.6. The molecule has 3 heterocycles. The molecule has 0 N–H and O–H groups in total. The van der Waals surface area contributed by atoms with Crippen molar-refractivity contribution in [2.24, 2.45) is 0 Å². The highest BCUT2D eigenvalue weighted by molar-refractivity contribution is 6.15. The molecule has 8 aromatic rings. The van der Waals surface area contributed by atoms with Crippen LogP contribution in [0.5, 0.6) is 0 Å². The highest BCUT2D eigenvalue weighted by atomic mass is 15.1. The minimum atomic E-state index is -0.102. The lowest BCUT2D eigenvalue weighted by molar-refractivity contribution is 0.299. The van der Waals surface area contributed by atoms with Crippen LogP contribution < -0.4 is 0 Å². The van der Waals surface area contributed by atoms with E-state index in [1.165, 1.54) is 38.5 Å². The Hall–Kier alpha value is -5.94. The summed E-state index contributed by atoms with van der Waals surface area (Å²) in [6.07, 6.45) is 1.89. The van der Waals surface area contributed by atoms with Gasteiger partial charge < -0.3 is 0 Å². The lowest BCUT2D eigenvalue weighted by Crippen LogP contribution is -2.43. The van der Waals surface area contributed by atoms with Gasteiger partial charge in [0.1, 0.15) is 5.82 Å². The average molecular weight is 634 g/mol. The van der Waals surface area contributed by atoms with E-state index in [1.54, 1.807) is 0 Å². The van der Waals surface area contributed by atoms with E-state index >= 15 is 0 Å². The van der Waals surface area contributed by atoms with E-state index in [0.717, 1.165) is 28.0 Å². The van der Waals surface area contributed by atoms with Crippen molar-refractivity contribution in [2.75, 3.05) is 0 Å². The Balaban J connectivity index is 1.26. The Morgan fingerprint density at radius 2 is 1.04 bits per heavy atom. The van der Waals surface area contributed by atoms with Crippen molar-refractivity contribution >= 4 is 21.8 Å². The molecule has 49 heavy (non-hydrogen) atoms. The monoisotopic (exact) mass is 633 g/mol. The van der Waals surface area contributed by atoms with Crippen molar-refractivity contribution in [1.29, 1.82) is 0 Å². The molecule has 5 aromatic carbocycles. The number of benzene rings is 5.